The molecule has 0 saturated carbocycles. The third-order valence-electron chi connectivity index (χ3n) is 2.88. The van der Waals surface area contributed by atoms with Crippen molar-refractivity contribution < 1.29 is 9.90 Å². The molecule has 0 fully saturated rings. The maximum atomic E-state index is 11.3. The first-order valence-electron chi connectivity index (χ1n) is 5.25. The summed E-state index contributed by atoms with van der Waals surface area (Å²) < 4.78 is 0. The number of benzene rings is 1. The smallest absolute Gasteiger partial charge is 0.163 e. The zero-order valence-electron chi connectivity index (χ0n) is 8.84. The van der Waals surface area contributed by atoms with Crippen LogP contribution >= 0.6 is 0 Å². The van der Waals surface area contributed by atoms with E-state index in [4.69, 9.17) is 0 Å². The minimum atomic E-state index is -0.0764. The van der Waals surface area contributed by atoms with Gasteiger partial charge in [-0.3, -0.25) is 4.79 Å². The van der Waals surface area contributed by atoms with Crippen LogP contribution in [0.4, 0.5) is 0 Å². The summed E-state index contributed by atoms with van der Waals surface area (Å²) >= 11 is 0. The summed E-state index contributed by atoms with van der Waals surface area (Å²) in [4.78, 5) is 11.3. The van der Waals surface area contributed by atoms with E-state index in [0.29, 0.717) is 5.56 Å². The molecule has 0 spiro atoms. The van der Waals surface area contributed by atoms with Crippen molar-refractivity contribution in [1.82, 2.24) is 5.32 Å². The van der Waals surface area contributed by atoms with Gasteiger partial charge in [0.25, 0.3) is 0 Å². The Morgan fingerprint density at radius 1 is 1.33 bits per heavy atom. The molecule has 3 nitrogen and oxygen atoms in total. The van der Waals surface area contributed by atoms with Gasteiger partial charge in [-0.2, -0.15) is 0 Å². The normalized spacial score (nSPS) is 15.5. The molecule has 0 saturated heterocycles. The van der Waals surface area contributed by atoms with Gasteiger partial charge in [-0.05, 0) is 50.0 Å². The molecule has 1 aromatic carbocycles. The highest BCUT2D eigenvalue weighted by atomic mass is 16.3. The highest BCUT2D eigenvalue weighted by molar-refractivity contribution is 5.97. The number of nitrogens with one attached hydrogen (secondary N) is 1. The molecule has 0 radical (unpaired) electrons. The fourth-order valence-corrected chi connectivity index (χ4v) is 2.04. The first-order chi connectivity index (χ1) is 7.20. The van der Waals surface area contributed by atoms with Gasteiger partial charge < -0.3 is 10.4 Å². The van der Waals surface area contributed by atoms with Gasteiger partial charge in [0.05, 0.1) is 5.56 Å². The topological polar surface area (TPSA) is 49.3 Å². The lowest BCUT2D eigenvalue weighted by Crippen LogP contribution is -2.16. The molecule has 0 unspecified atom stereocenters. The van der Waals surface area contributed by atoms with Crippen molar-refractivity contribution >= 4 is 5.78 Å². The average molecular weight is 205 g/mol. The van der Waals surface area contributed by atoms with Gasteiger partial charge in [0.15, 0.2) is 5.78 Å². The molecule has 0 amide bonds. The highest BCUT2D eigenvalue weighted by Crippen LogP contribution is 2.28. The van der Waals surface area contributed by atoms with E-state index in [1.165, 1.54) is 6.92 Å². The molecule has 80 valence electrons. The van der Waals surface area contributed by atoms with Crippen LogP contribution in [-0.4, -0.2) is 24.0 Å². The predicted octanol–water partition coefficient (Wildman–Crippen LogP) is 1.28. The molecule has 3 heteroatoms. The van der Waals surface area contributed by atoms with Crippen molar-refractivity contribution in [1.29, 1.82) is 0 Å². The van der Waals surface area contributed by atoms with Crippen LogP contribution in [0.25, 0.3) is 0 Å². The van der Waals surface area contributed by atoms with Crippen molar-refractivity contribution in [2.75, 3.05) is 13.1 Å². The van der Waals surface area contributed by atoms with E-state index < -0.39 is 0 Å². The Morgan fingerprint density at radius 3 is 2.80 bits per heavy atom. The van der Waals surface area contributed by atoms with Gasteiger partial charge in [0.2, 0.25) is 0 Å². The van der Waals surface area contributed by atoms with Crippen molar-refractivity contribution in [2.24, 2.45) is 0 Å². The summed E-state index contributed by atoms with van der Waals surface area (Å²) in [6.07, 6.45) is 1.71. The van der Waals surface area contributed by atoms with Crippen molar-refractivity contribution in [3.63, 3.8) is 0 Å². The summed E-state index contributed by atoms with van der Waals surface area (Å²) in [7, 11) is 0. The summed E-state index contributed by atoms with van der Waals surface area (Å²) in [5.74, 6) is 0.108. The van der Waals surface area contributed by atoms with Crippen molar-refractivity contribution in [3.8, 4) is 5.75 Å². The quantitative estimate of drug-likeness (QED) is 0.679. The Bertz CT molecular complexity index is 399. The van der Waals surface area contributed by atoms with Crippen molar-refractivity contribution in [2.45, 2.75) is 19.8 Å². The van der Waals surface area contributed by atoms with Crippen LogP contribution in [0.1, 0.15) is 28.4 Å². The molecule has 1 aliphatic heterocycles. The monoisotopic (exact) mass is 205 g/mol. The van der Waals surface area contributed by atoms with Gasteiger partial charge >= 0.3 is 0 Å². The lowest BCUT2D eigenvalue weighted by atomic mass is 9.97. The fraction of sp³-hybridized carbons (Fsp3) is 0.417. The Morgan fingerprint density at radius 2 is 2.07 bits per heavy atom. The van der Waals surface area contributed by atoms with E-state index in [0.717, 1.165) is 37.1 Å². The number of Topliss-reactive ketones (excluding diaryl/α,β-unsaturated/α-hetero) is 1. The summed E-state index contributed by atoms with van der Waals surface area (Å²) in [6.45, 7) is 3.28. The van der Waals surface area contributed by atoms with Crippen molar-refractivity contribution in [3.05, 3.63) is 28.8 Å². The Labute approximate surface area is 89.1 Å². The van der Waals surface area contributed by atoms with E-state index in [-0.39, 0.29) is 11.5 Å². The molecule has 0 bridgehead atoms. The van der Waals surface area contributed by atoms with Gasteiger partial charge in [-0.1, -0.05) is 6.07 Å². The first kappa shape index (κ1) is 10.2. The van der Waals surface area contributed by atoms with E-state index in [9.17, 15) is 9.90 Å². The fourth-order valence-electron chi connectivity index (χ4n) is 2.04. The number of phenols is 1. The molecule has 1 aliphatic rings. The van der Waals surface area contributed by atoms with E-state index >= 15 is 0 Å². The lowest BCUT2D eigenvalue weighted by molar-refractivity contribution is 0.101. The SMILES string of the molecule is CC(=O)c1ccc2c(c1O)CCNCC2. The molecule has 15 heavy (non-hydrogen) atoms. The lowest BCUT2D eigenvalue weighted by Gasteiger charge is -2.10. The van der Waals surface area contributed by atoms with Crippen LogP contribution in [0.15, 0.2) is 12.1 Å². The average Bonchev–Trinajstić information content (AvgIpc) is 2.43. The van der Waals surface area contributed by atoms with Crippen LogP contribution in [0.2, 0.25) is 0 Å². The second kappa shape index (κ2) is 4.03. The summed E-state index contributed by atoms with van der Waals surface area (Å²) in [5.41, 5.74) is 2.53. The maximum Gasteiger partial charge on any atom is 0.163 e. The number of carbonyl (C=O) groups is 1. The van der Waals surface area contributed by atoms with Gasteiger partial charge in [0, 0.05) is 0 Å². The van der Waals surface area contributed by atoms with E-state index in [1.54, 1.807) is 6.07 Å². The van der Waals surface area contributed by atoms with Crippen LogP contribution < -0.4 is 5.32 Å². The minimum Gasteiger partial charge on any atom is -0.507 e. The van der Waals surface area contributed by atoms with E-state index in [1.807, 2.05) is 6.07 Å². The number of rotatable bonds is 1. The van der Waals surface area contributed by atoms with Crippen LogP contribution in [-0.2, 0) is 12.8 Å². The zero-order valence-corrected chi connectivity index (χ0v) is 8.84. The second-order valence-electron chi connectivity index (χ2n) is 3.91. The van der Waals surface area contributed by atoms with Gasteiger partial charge in [-0.15, -0.1) is 0 Å². The minimum absolute atomic E-state index is 0.0764. The zero-order chi connectivity index (χ0) is 10.8. The van der Waals surface area contributed by atoms with Gasteiger partial charge in [0.1, 0.15) is 5.75 Å². The largest absolute Gasteiger partial charge is 0.507 e. The molecule has 0 aliphatic carbocycles. The summed E-state index contributed by atoms with van der Waals surface area (Å²) in [6, 6.07) is 3.68. The van der Waals surface area contributed by atoms with Crippen LogP contribution in [0, 0.1) is 0 Å². The maximum absolute atomic E-state index is 11.3. The number of aromatic hydroxyl groups is 1. The molecule has 0 aromatic heterocycles. The van der Waals surface area contributed by atoms with Crippen LogP contribution in [0.3, 0.4) is 0 Å². The number of fused-ring (bicyclic) bond motifs is 1. The Balaban J connectivity index is 2.50. The predicted molar refractivity (Wildman–Crippen MR) is 58.4 cm³/mol. The molecular weight excluding hydrogens is 190 g/mol. The highest BCUT2D eigenvalue weighted by Gasteiger charge is 2.16. The van der Waals surface area contributed by atoms with Gasteiger partial charge in [-0.25, -0.2) is 0 Å². The Hall–Kier alpha value is -1.35. The number of hydrogen-bond acceptors (Lipinski definition) is 3. The molecule has 0 atom stereocenters. The second-order valence-corrected chi connectivity index (χ2v) is 3.91. The molecule has 2 N–H and O–H groups in total. The number of hydrogen-bond donors (Lipinski definition) is 2. The number of carbonyl (C=O) groups excluding carboxylic acids is 1. The number of ketones is 1. The van der Waals surface area contributed by atoms with Crippen LogP contribution in [0.5, 0.6) is 5.75 Å². The standard InChI is InChI=1S/C12H15NO2/c1-8(14)10-3-2-9-4-6-13-7-5-11(9)12(10)15/h2-3,13,15H,4-7H2,1H3. The third-order valence-corrected chi connectivity index (χ3v) is 2.88. The molecule has 1 heterocycles. The van der Waals surface area contributed by atoms with E-state index in [2.05, 4.69) is 5.32 Å². The number of phenolic OH excluding ortho intramolecular Hbond substituents is 1. The molecular formula is C12H15NO2. The molecule has 1 aromatic rings. The molecule has 2 rings (SSSR count). The summed E-state index contributed by atoms with van der Waals surface area (Å²) in [5, 5.41) is 13.3. The first-order valence-corrected chi connectivity index (χ1v) is 5.25. The third kappa shape index (κ3) is 1.88. The Kier molecular flexibility index (Phi) is 2.73.